The molecular weight excluding hydrogens is 224 g/mol. The van der Waals surface area contributed by atoms with Gasteiger partial charge in [-0.15, -0.1) is 0 Å². The molecule has 0 amide bonds. The second kappa shape index (κ2) is 5.02. The molecule has 4 nitrogen and oxygen atoms in total. The number of piperazine rings is 1. The zero-order chi connectivity index (χ0) is 12.4. The molecular formula is C11H24N2O2S. The molecule has 1 unspecified atom stereocenters. The average Bonchev–Trinajstić information content (AvgIpc) is 2.16. The number of sulfone groups is 1. The first-order valence-electron chi connectivity index (χ1n) is 5.92. The van der Waals surface area contributed by atoms with Crippen LogP contribution in [0.2, 0.25) is 0 Å². The lowest BCUT2D eigenvalue weighted by atomic mass is 10.1. The summed E-state index contributed by atoms with van der Waals surface area (Å²) in [6, 6.07) is 0.467. The van der Waals surface area contributed by atoms with Crippen molar-refractivity contribution in [3.05, 3.63) is 0 Å². The molecule has 96 valence electrons. The highest BCUT2D eigenvalue weighted by molar-refractivity contribution is 7.92. The quantitative estimate of drug-likeness (QED) is 0.787. The predicted molar refractivity (Wildman–Crippen MR) is 67.4 cm³/mol. The first kappa shape index (κ1) is 13.9. The van der Waals surface area contributed by atoms with E-state index < -0.39 is 14.6 Å². The number of rotatable bonds is 4. The second-order valence-corrected chi connectivity index (χ2v) is 7.92. The fraction of sp³-hybridized carbons (Fsp3) is 1.00. The molecule has 1 aliphatic rings. The molecule has 0 aromatic heterocycles. The predicted octanol–water partition coefficient (Wildman–Crippen LogP) is 0.493. The number of hydrogen-bond acceptors (Lipinski definition) is 4. The van der Waals surface area contributed by atoms with Gasteiger partial charge < -0.3 is 5.32 Å². The Labute approximate surface area is 99.3 Å². The van der Waals surface area contributed by atoms with Gasteiger partial charge in [-0.05, 0) is 20.3 Å². The second-order valence-electron chi connectivity index (χ2n) is 5.27. The summed E-state index contributed by atoms with van der Waals surface area (Å²) >= 11 is 0. The van der Waals surface area contributed by atoms with Gasteiger partial charge in [0, 0.05) is 38.5 Å². The number of hydrogen-bond donors (Lipinski definition) is 1. The molecule has 1 aliphatic heterocycles. The van der Waals surface area contributed by atoms with Gasteiger partial charge in [0.1, 0.15) is 0 Å². The topological polar surface area (TPSA) is 49.4 Å². The summed E-state index contributed by atoms with van der Waals surface area (Å²) in [5.41, 5.74) is 0. The largest absolute Gasteiger partial charge is 0.314 e. The maximum Gasteiger partial charge on any atom is 0.153 e. The maximum absolute atomic E-state index is 11.7. The van der Waals surface area contributed by atoms with Crippen molar-refractivity contribution in [2.45, 2.75) is 38.0 Å². The highest BCUT2D eigenvalue weighted by atomic mass is 32.2. The van der Waals surface area contributed by atoms with Gasteiger partial charge >= 0.3 is 0 Å². The molecule has 1 N–H and O–H groups in total. The highest BCUT2D eigenvalue weighted by Gasteiger charge is 2.34. The smallest absolute Gasteiger partial charge is 0.153 e. The minimum atomic E-state index is -3.00. The van der Waals surface area contributed by atoms with Gasteiger partial charge in [0.2, 0.25) is 0 Å². The van der Waals surface area contributed by atoms with E-state index in [-0.39, 0.29) is 0 Å². The Morgan fingerprint density at radius 3 is 2.56 bits per heavy atom. The van der Waals surface area contributed by atoms with Crippen LogP contribution in [0.5, 0.6) is 0 Å². The number of nitrogens with one attached hydrogen (secondary N) is 1. The van der Waals surface area contributed by atoms with Gasteiger partial charge in [-0.2, -0.15) is 0 Å². The molecule has 0 aliphatic carbocycles. The van der Waals surface area contributed by atoms with Crippen LogP contribution in [0.25, 0.3) is 0 Å². The van der Waals surface area contributed by atoms with Gasteiger partial charge in [-0.25, -0.2) is 8.42 Å². The summed E-state index contributed by atoms with van der Waals surface area (Å²) < 4.78 is 22.7. The Kier molecular flexibility index (Phi) is 4.37. The maximum atomic E-state index is 11.7. The van der Waals surface area contributed by atoms with E-state index in [9.17, 15) is 8.42 Å². The van der Waals surface area contributed by atoms with E-state index >= 15 is 0 Å². The van der Waals surface area contributed by atoms with Crippen LogP contribution >= 0.6 is 0 Å². The van der Waals surface area contributed by atoms with E-state index in [0.717, 1.165) is 26.1 Å². The summed E-state index contributed by atoms with van der Waals surface area (Å²) in [5, 5.41) is 3.35. The fourth-order valence-corrected chi connectivity index (χ4v) is 2.42. The molecule has 0 aromatic carbocycles. The summed E-state index contributed by atoms with van der Waals surface area (Å²) in [5.74, 6) is 0. The van der Waals surface area contributed by atoms with Gasteiger partial charge in [0.05, 0.1) is 4.75 Å². The van der Waals surface area contributed by atoms with Crippen LogP contribution in [-0.4, -0.2) is 56.5 Å². The van der Waals surface area contributed by atoms with Crippen molar-refractivity contribution in [1.82, 2.24) is 10.2 Å². The van der Waals surface area contributed by atoms with Gasteiger partial charge in [-0.3, -0.25) is 4.90 Å². The molecule has 0 aromatic rings. The van der Waals surface area contributed by atoms with E-state index in [1.165, 1.54) is 6.26 Å². The molecule has 0 bridgehead atoms. The molecule has 5 heteroatoms. The minimum absolute atomic E-state index is 0.467. The normalized spacial score (nSPS) is 24.6. The molecule has 1 heterocycles. The molecule has 1 atom stereocenters. The summed E-state index contributed by atoms with van der Waals surface area (Å²) in [6.45, 7) is 9.28. The third-order valence-corrected chi connectivity index (χ3v) is 5.67. The first-order chi connectivity index (χ1) is 7.28. The third kappa shape index (κ3) is 3.18. The fourth-order valence-electron chi connectivity index (χ4n) is 2.02. The van der Waals surface area contributed by atoms with Crippen LogP contribution in [0, 0.1) is 0 Å². The SMILES string of the molecule is CCC1CNCCN1CC(C)(C)S(C)(=O)=O. The van der Waals surface area contributed by atoms with Crippen LogP contribution in [0.4, 0.5) is 0 Å². The van der Waals surface area contributed by atoms with Crippen molar-refractivity contribution in [1.29, 1.82) is 0 Å². The van der Waals surface area contributed by atoms with Crippen LogP contribution in [0.3, 0.4) is 0 Å². The lowest BCUT2D eigenvalue weighted by Crippen LogP contribution is -2.56. The van der Waals surface area contributed by atoms with Gasteiger partial charge in [-0.1, -0.05) is 6.92 Å². The Hall–Kier alpha value is -0.130. The highest BCUT2D eigenvalue weighted by Crippen LogP contribution is 2.19. The summed E-state index contributed by atoms with van der Waals surface area (Å²) in [7, 11) is -3.00. The molecule has 1 fully saturated rings. The van der Waals surface area contributed by atoms with Crippen molar-refractivity contribution in [2.24, 2.45) is 0 Å². The van der Waals surface area contributed by atoms with Gasteiger partial charge in [0.25, 0.3) is 0 Å². The van der Waals surface area contributed by atoms with Crippen LogP contribution < -0.4 is 5.32 Å². The molecule has 1 rings (SSSR count). The van der Waals surface area contributed by atoms with E-state index in [1.807, 2.05) is 13.8 Å². The van der Waals surface area contributed by atoms with E-state index in [2.05, 4.69) is 17.1 Å². The van der Waals surface area contributed by atoms with Crippen LogP contribution in [-0.2, 0) is 9.84 Å². The van der Waals surface area contributed by atoms with Crippen molar-refractivity contribution in [3.63, 3.8) is 0 Å². The number of nitrogens with zero attached hydrogens (tertiary/aromatic N) is 1. The zero-order valence-corrected chi connectivity index (χ0v) is 11.6. The van der Waals surface area contributed by atoms with Crippen molar-refractivity contribution in [3.8, 4) is 0 Å². The Balaban J connectivity index is 2.71. The Morgan fingerprint density at radius 2 is 2.06 bits per heavy atom. The van der Waals surface area contributed by atoms with Crippen LogP contribution in [0.1, 0.15) is 27.2 Å². The van der Waals surface area contributed by atoms with E-state index in [1.54, 1.807) is 0 Å². The summed E-state index contributed by atoms with van der Waals surface area (Å²) in [6.07, 6.45) is 2.39. The van der Waals surface area contributed by atoms with Gasteiger partial charge in [0.15, 0.2) is 9.84 Å². The zero-order valence-electron chi connectivity index (χ0n) is 10.8. The van der Waals surface area contributed by atoms with E-state index in [0.29, 0.717) is 12.6 Å². The monoisotopic (exact) mass is 248 g/mol. The van der Waals surface area contributed by atoms with Crippen molar-refractivity contribution in [2.75, 3.05) is 32.4 Å². The molecule has 1 saturated heterocycles. The molecule has 0 saturated carbocycles. The standard InChI is InChI=1S/C11H24N2O2S/c1-5-10-8-12-6-7-13(10)9-11(2,3)16(4,14)15/h10,12H,5-9H2,1-4H3. The van der Waals surface area contributed by atoms with E-state index in [4.69, 9.17) is 0 Å². The summed E-state index contributed by atoms with van der Waals surface area (Å²) in [4.78, 5) is 2.30. The Morgan fingerprint density at radius 1 is 1.44 bits per heavy atom. The average molecular weight is 248 g/mol. The molecule has 16 heavy (non-hydrogen) atoms. The van der Waals surface area contributed by atoms with Crippen molar-refractivity contribution < 1.29 is 8.42 Å². The van der Waals surface area contributed by atoms with Crippen LogP contribution in [0.15, 0.2) is 0 Å². The van der Waals surface area contributed by atoms with Crippen molar-refractivity contribution >= 4 is 9.84 Å². The lowest BCUT2D eigenvalue weighted by Gasteiger charge is -2.39. The molecule has 0 radical (unpaired) electrons. The first-order valence-corrected chi connectivity index (χ1v) is 7.81. The minimum Gasteiger partial charge on any atom is -0.314 e. The lowest BCUT2D eigenvalue weighted by molar-refractivity contribution is 0.145. The Bertz CT molecular complexity index is 325. The third-order valence-electron chi connectivity index (χ3n) is 3.53. The molecule has 0 spiro atoms.